The van der Waals surface area contributed by atoms with E-state index in [1.54, 1.807) is 0 Å². The van der Waals surface area contributed by atoms with Gasteiger partial charge in [0.05, 0.1) is 12.2 Å². The van der Waals surface area contributed by atoms with Crippen LogP contribution in [0.2, 0.25) is 0 Å². The third kappa shape index (κ3) is 5.47. The van der Waals surface area contributed by atoms with Crippen LogP contribution >= 0.6 is 0 Å². The molecule has 1 aliphatic heterocycles. The molecular formula is C24H34N4O. The van der Waals surface area contributed by atoms with Gasteiger partial charge in [0, 0.05) is 31.6 Å². The lowest BCUT2D eigenvalue weighted by Crippen LogP contribution is -2.43. The molecule has 1 aromatic carbocycles. The Bertz CT molecular complexity index is 758. The number of nitrogens with zero attached hydrogens (tertiary/aromatic N) is 3. The minimum absolute atomic E-state index is 0.0855. The van der Waals surface area contributed by atoms with Gasteiger partial charge in [0.15, 0.2) is 0 Å². The molecule has 0 spiro atoms. The van der Waals surface area contributed by atoms with Crippen molar-refractivity contribution in [3.8, 4) is 0 Å². The third-order valence-corrected chi connectivity index (χ3v) is 6.59. The lowest BCUT2D eigenvalue weighted by molar-refractivity contribution is -0.116. The number of benzene rings is 1. The summed E-state index contributed by atoms with van der Waals surface area (Å²) >= 11 is 0. The van der Waals surface area contributed by atoms with E-state index < -0.39 is 0 Å². The smallest absolute Gasteiger partial charge is 0.225 e. The number of rotatable bonds is 7. The predicted molar refractivity (Wildman–Crippen MR) is 117 cm³/mol. The number of aryl methyl sites for hydroxylation is 1. The van der Waals surface area contributed by atoms with Crippen molar-refractivity contribution in [2.24, 2.45) is 0 Å². The topological polar surface area (TPSA) is 50.2 Å². The van der Waals surface area contributed by atoms with Crippen molar-refractivity contribution in [3.05, 3.63) is 48.2 Å². The van der Waals surface area contributed by atoms with Gasteiger partial charge in [0.1, 0.15) is 5.82 Å². The first-order chi connectivity index (χ1) is 14.3. The first-order valence-corrected chi connectivity index (χ1v) is 11.4. The first kappa shape index (κ1) is 20.1. The summed E-state index contributed by atoms with van der Waals surface area (Å²) in [5.41, 5.74) is 1.29. The Labute approximate surface area is 174 Å². The SMILES string of the molecule is O=C(CCCc1ccccc1)Nc1ccnn1C1CCN(C2CCCCC2)CC1. The maximum absolute atomic E-state index is 12.4. The fourth-order valence-corrected chi connectivity index (χ4v) is 4.95. The largest absolute Gasteiger partial charge is 0.311 e. The molecule has 29 heavy (non-hydrogen) atoms. The molecule has 156 valence electrons. The average molecular weight is 395 g/mol. The number of hydrogen-bond donors (Lipinski definition) is 1. The highest BCUT2D eigenvalue weighted by Gasteiger charge is 2.28. The summed E-state index contributed by atoms with van der Waals surface area (Å²) in [6, 6.07) is 13.5. The Morgan fingerprint density at radius 2 is 1.72 bits per heavy atom. The molecular weight excluding hydrogens is 360 g/mol. The van der Waals surface area contributed by atoms with Gasteiger partial charge in [-0.3, -0.25) is 4.79 Å². The molecule has 2 aliphatic rings. The fourth-order valence-electron chi connectivity index (χ4n) is 4.95. The Hall–Kier alpha value is -2.14. The van der Waals surface area contributed by atoms with Gasteiger partial charge in [0.25, 0.3) is 0 Å². The normalized spacial score (nSPS) is 19.3. The number of piperidine rings is 1. The van der Waals surface area contributed by atoms with Gasteiger partial charge in [-0.2, -0.15) is 5.10 Å². The van der Waals surface area contributed by atoms with Crippen molar-refractivity contribution in [3.63, 3.8) is 0 Å². The van der Waals surface area contributed by atoms with Gasteiger partial charge in [-0.05, 0) is 44.1 Å². The Balaban J connectivity index is 1.24. The van der Waals surface area contributed by atoms with Crippen molar-refractivity contribution in [2.45, 2.75) is 76.3 Å². The number of anilines is 1. The molecule has 1 amide bonds. The number of carbonyl (C=O) groups is 1. The summed E-state index contributed by atoms with van der Waals surface area (Å²) in [6.07, 6.45) is 13.3. The van der Waals surface area contributed by atoms with Crippen LogP contribution in [0.1, 0.15) is 69.4 Å². The highest BCUT2D eigenvalue weighted by atomic mass is 16.1. The highest BCUT2D eigenvalue weighted by molar-refractivity contribution is 5.89. The van der Waals surface area contributed by atoms with Crippen molar-refractivity contribution in [2.75, 3.05) is 18.4 Å². The van der Waals surface area contributed by atoms with Gasteiger partial charge >= 0.3 is 0 Å². The molecule has 2 aromatic rings. The summed E-state index contributed by atoms with van der Waals surface area (Å²) < 4.78 is 2.05. The van der Waals surface area contributed by atoms with Crippen molar-refractivity contribution in [1.29, 1.82) is 0 Å². The highest BCUT2D eigenvalue weighted by Crippen LogP contribution is 2.30. The summed E-state index contributed by atoms with van der Waals surface area (Å²) in [6.45, 7) is 2.30. The molecule has 0 bridgehead atoms. The number of likely N-dealkylation sites (tertiary alicyclic amines) is 1. The van der Waals surface area contributed by atoms with Crippen molar-refractivity contribution < 1.29 is 4.79 Å². The molecule has 1 saturated heterocycles. The lowest BCUT2D eigenvalue weighted by Gasteiger charge is -2.39. The van der Waals surface area contributed by atoms with Crippen LogP contribution in [0.4, 0.5) is 5.82 Å². The summed E-state index contributed by atoms with van der Waals surface area (Å²) in [5, 5.41) is 7.64. The molecule has 1 aliphatic carbocycles. The summed E-state index contributed by atoms with van der Waals surface area (Å²) in [4.78, 5) is 15.1. The number of aromatic nitrogens is 2. The van der Waals surface area contributed by atoms with Gasteiger partial charge in [-0.1, -0.05) is 49.6 Å². The average Bonchev–Trinajstić information content (AvgIpc) is 3.23. The van der Waals surface area contributed by atoms with Gasteiger partial charge in [-0.25, -0.2) is 4.68 Å². The molecule has 0 atom stereocenters. The summed E-state index contributed by atoms with van der Waals surface area (Å²) in [7, 11) is 0. The van der Waals surface area contributed by atoms with E-state index >= 15 is 0 Å². The van der Waals surface area contributed by atoms with Gasteiger partial charge in [0.2, 0.25) is 5.91 Å². The molecule has 2 heterocycles. The van der Waals surface area contributed by atoms with E-state index in [0.717, 1.165) is 50.6 Å². The van der Waals surface area contributed by atoms with Crippen LogP contribution in [0.25, 0.3) is 0 Å². The number of nitrogens with one attached hydrogen (secondary N) is 1. The standard InChI is InChI=1S/C24H34N4O/c29-24(13-7-10-20-8-3-1-4-9-20)26-23-14-17-25-28(23)22-15-18-27(19-16-22)21-11-5-2-6-12-21/h1,3-4,8-9,14,17,21-22H,2,5-7,10-13,15-16,18-19H2,(H,26,29). The number of amides is 1. The second-order valence-corrected chi connectivity index (χ2v) is 8.61. The van der Waals surface area contributed by atoms with Crippen LogP contribution in [0.15, 0.2) is 42.6 Å². The van der Waals surface area contributed by atoms with E-state index in [0.29, 0.717) is 12.5 Å². The molecule has 2 fully saturated rings. The minimum atomic E-state index is 0.0855. The number of hydrogen-bond acceptors (Lipinski definition) is 3. The molecule has 4 rings (SSSR count). The zero-order chi connectivity index (χ0) is 19.9. The zero-order valence-corrected chi connectivity index (χ0v) is 17.4. The fraction of sp³-hybridized carbons (Fsp3) is 0.583. The van der Waals surface area contributed by atoms with E-state index in [1.165, 1.54) is 37.7 Å². The Kier molecular flexibility index (Phi) is 6.99. The quantitative estimate of drug-likeness (QED) is 0.733. The van der Waals surface area contributed by atoms with E-state index in [2.05, 4.69) is 27.4 Å². The molecule has 1 saturated carbocycles. The van der Waals surface area contributed by atoms with Crippen molar-refractivity contribution >= 4 is 11.7 Å². The molecule has 5 heteroatoms. The molecule has 1 N–H and O–H groups in total. The van der Waals surface area contributed by atoms with E-state index in [-0.39, 0.29) is 5.91 Å². The maximum atomic E-state index is 12.4. The minimum Gasteiger partial charge on any atom is -0.311 e. The van der Waals surface area contributed by atoms with Crippen LogP contribution in [0.3, 0.4) is 0 Å². The van der Waals surface area contributed by atoms with Crippen LogP contribution in [0, 0.1) is 0 Å². The lowest BCUT2D eigenvalue weighted by atomic mass is 9.92. The van der Waals surface area contributed by atoms with E-state index in [9.17, 15) is 4.79 Å². The van der Waals surface area contributed by atoms with Crippen LogP contribution in [0.5, 0.6) is 0 Å². The molecule has 0 radical (unpaired) electrons. The van der Waals surface area contributed by atoms with Crippen LogP contribution in [-0.2, 0) is 11.2 Å². The van der Waals surface area contributed by atoms with E-state index in [4.69, 9.17) is 0 Å². The molecule has 1 aromatic heterocycles. The second-order valence-electron chi connectivity index (χ2n) is 8.61. The van der Waals surface area contributed by atoms with Gasteiger partial charge < -0.3 is 10.2 Å². The Morgan fingerprint density at radius 1 is 0.966 bits per heavy atom. The second kappa shape index (κ2) is 10.1. The predicted octanol–water partition coefficient (Wildman–Crippen LogP) is 4.81. The van der Waals surface area contributed by atoms with Crippen LogP contribution in [-0.4, -0.2) is 39.7 Å². The Morgan fingerprint density at radius 3 is 2.48 bits per heavy atom. The zero-order valence-electron chi connectivity index (χ0n) is 17.4. The molecule has 5 nitrogen and oxygen atoms in total. The third-order valence-electron chi connectivity index (χ3n) is 6.59. The van der Waals surface area contributed by atoms with Crippen molar-refractivity contribution in [1.82, 2.24) is 14.7 Å². The van der Waals surface area contributed by atoms with Crippen LogP contribution < -0.4 is 5.32 Å². The summed E-state index contributed by atoms with van der Waals surface area (Å²) in [5.74, 6) is 0.938. The maximum Gasteiger partial charge on any atom is 0.225 e. The van der Waals surface area contributed by atoms with Gasteiger partial charge in [-0.15, -0.1) is 0 Å². The number of carbonyl (C=O) groups excluding carboxylic acids is 1. The monoisotopic (exact) mass is 394 g/mol. The first-order valence-electron chi connectivity index (χ1n) is 11.4. The molecule has 0 unspecified atom stereocenters. The van der Waals surface area contributed by atoms with E-state index in [1.807, 2.05) is 35.1 Å².